The third kappa shape index (κ3) is 2.77. The first-order chi connectivity index (χ1) is 10.3. The van der Waals surface area contributed by atoms with Crippen LogP contribution in [0.3, 0.4) is 0 Å². The molecule has 0 radical (unpaired) electrons. The lowest BCUT2D eigenvalue weighted by Gasteiger charge is -2.12. The number of nitrogens with zero attached hydrogens (tertiary/aromatic N) is 2. The molecule has 0 aliphatic carbocycles. The zero-order valence-electron chi connectivity index (χ0n) is 12.1. The van der Waals surface area contributed by atoms with E-state index >= 15 is 0 Å². The van der Waals surface area contributed by atoms with Crippen molar-refractivity contribution in [1.29, 1.82) is 0 Å². The third-order valence-corrected chi connectivity index (χ3v) is 3.70. The molecule has 5 nitrogen and oxygen atoms in total. The van der Waals surface area contributed by atoms with Crippen LogP contribution >= 0.6 is 0 Å². The second kappa shape index (κ2) is 5.99. The van der Waals surface area contributed by atoms with Crippen LogP contribution in [0, 0.1) is 0 Å². The van der Waals surface area contributed by atoms with Crippen LogP contribution in [0.4, 0.5) is 5.69 Å². The van der Waals surface area contributed by atoms with Gasteiger partial charge in [-0.2, -0.15) is 0 Å². The zero-order valence-corrected chi connectivity index (χ0v) is 12.1. The van der Waals surface area contributed by atoms with Gasteiger partial charge in [0.2, 0.25) is 0 Å². The summed E-state index contributed by atoms with van der Waals surface area (Å²) in [6.45, 7) is 3.80. The molecule has 0 unspecified atom stereocenters. The van der Waals surface area contributed by atoms with Crippen molar-refractivity contribution in [3.05, 3.63) is 36.3 Å². The molecular formula is C16H19N3O2. The van der Waals surface area contributed by atoms with E-state index in [1.54, 1.807) is 6.33 Å². The Morgan fingerprint density at radius 3 is 3.24 bits per heavy atom. The SMILES string of the molecule is CCOC(=O)CCn1cncc1-c1cccc2c1NCC2. The zero-order chi connectivity index (χ0) is 14.7. The summed E-state index contributed by atoms with van der Waals surface area (Å²) < 4.78 is 6.98. The number of carbonyl (C=O) groups is 1. The fourth-order valence-electron chi connectivity index (χ4n) is 2.72. The van der Waals surface area contributed by atoms with Crippen molar-refractivity contribution in [2.24, 2.45) is 0 Å². The van der Waals surface area contributed by atoms with Gasteiger partial charge in [-0.05, 0) is 18.9 Å². The molecule has 0 atom stereocenters. The quantitative estimate of drug-likeness (QED) is 0.857. The summed E-state index contributed by atoms with van der Waals surface area (Å²) >= 11 is 0. The topological polar surface area (TPSA) is 56.2 Å². The summed E-state index contributed by atoms with van der Waals surface area (Å²) in [6, 6.07) is 6.32. The normalized spacial score (nSPS) is 12.8. The minimum absolute atomic E-state index is 0.173. The van der Waals surface area contributed by atoms with Gasteiger partial charge < -0.3 is 14.6 Å². The lowest BCUT2D eigenvalue weighted by atomic mass is 10.1. The highest BCUT2D eigenvalue weighted by molar-refractivity contribution is 5.80. The predicted octanol–water partition coefficient (Wildman–Crippen LogP) is 2.47. The van der Waals surface area contributed by atoms with Gasteiger partial charge in [-0.15, -0.1) is 0 Å². The minimum atomic E-state index is -0.173. The van der Waals surface area contributed by atoms with Gasteiger partial charge in [0, 0.05) is 24.3 Å². The Bertz CT molecular complexity index is 649. The van der Waals surface area contributed by atoms with Gasteiger partial charge in [-0.1, -0.05) is 18.2 Å². The van der Waals surface area contributed by atoms with Gasteiger partial charge >= 0.3 is 5.97 Å². The van der Waals surface area contributed by atoms with Crippen molar-refractivity contribution in [3.63, 3.8) is 0 Å². The molecule has 0 amide bonds. The van der Waals surface area contributed by atoms with E-state index in [1.165, 1.54) is 11.3 Å². The molecule has 1 aliphatic heterocycles. The second-order valence-electron chi connectivity index (χ2n) is 5.04. The number of esters is 1. The van der Waals surface area contributed by atoms with Crippen molar-refractivity contribution < 1.29 is 9.53 Å². The van der Waals surface area contributed by atoms with Gasteiger partial charge in [-0.3, -0.25) is 4.79 Å². The number of nitrogens with one attached hydrogen (secondary N) is 1. The van der Waals surface area contributed by atoms with Gasteiger partial charge in [-0.25, -0.2) is 4.98 Å². The van der Waals surface area contributed by atoms with E-state index in [0.717, 1.165) is 24.2 Å². The maximum atomic E-state index is 11.5. The molecule has 0 fully saturated rings. The van der Waals surface area contributed by atoms with Crippen molar-refractivity contribution in [2.75, 3.05) is 18.5 Å². The van der Waals surface area contributed by atoms with E-state index in [1.807, 2.05) is 17.7 Å². The Labute approximate surface area is 124 Å². The van der Waals surface area contributed by atoms with Gasteiger partial charge in [0.1, 0.15) is 0 Å². The van der Waals surface area contributed by atoms with E-state index in [4.69, 9.17) is 4.74 Å². The molecule has 0 bridgehead atoms. The van der Waals surface area contributed by atoms with Crippen molar-refractivity contribution in [3.8, 4) is 11.3 Å². The summed E-state index contributed by atoms with van der Waals surface area (Å²) in [5, 5.41) is 3.44. The first kappa shape index (κ1) is 13.7. The average molecular weight is 285 g/mol. The molecule has 1 N–H and O–H groups in total. The highest BCUT2D eigenvalue weighted by Gasteiger charge is 2.17. The summed E-state index contributed by atoms with van der Waals surface area (Å²) in [6.07, 6.45) is 5.03. The Morgan fingerprint density at radius 2 is 2.38 bits per heavy atom. The van der Waals surface area contributed by atoms with E-state index in [-0.39, 0.29) is 5.97 Å². The molecule has 21 heavy (non-hydrogen) atoms. The fraction of sp³-hybridized carbons (Fsp3) is 0.375. The average Bonchev–Trinajstić information content (AvgIpc) is 3.13. The summed E-state index contributed by atoms with van der Waals surface area (Å²) in [5.41, 5.74) is 4.71. The number of ether oxygens (including phenoxy) is 1. The van der Waals surface area contributed by atoms with Gasteiger partial charge in [0.15, 0.2) is 0 Å². The van der Waals surface area contributed by atoms with Crippen molar-refractivity contribution in [2.45, 2.75) is 26.3 Å². The fourth-order valence-corrected chi connectivity index (χ4v) is 2.72. The molecule has 0 saturated carbocycles. The molecule has 1 aromatic carbocycles. The Kier molecular flexibility index (Phi) is 3.90. The number of imidazole rings is 1. The molecular weight excluding hydrogens is 266 g/mol. The number of aromatic nitrogens is 2. The predicted molar refractivity (Wildman–Crippen MR) is 81.1 cm³/mol. The Morgan fingerprint density at radius 1 is 1.48 bits per heavy atom. The van der Waals surface area contributed by atoms with E-state index in [2.05, 4.69) is 28.5 Å². The summed E-state index contributed by atoms with van der Waals surface area (Å²) in [7, 11) is 0. The smallest absolute Gasteiger partial charge is 0.307 e. The van der Waals surface area contributed by atoms with E-state index in [9.17, 15) is 4.79 Å². The number of para-hydroxylation sites is 1. The summed E-state index contributed by atoms with van der Waals surface area (Å²) in [4.78, 5) is 15.7. The summed E-state index contributed by atoms with van der Waals surface area (Å²) in [5.74, 6) is -0.173. The highest BCUT2D eigenvalue weighted by atomic mass is 16.5. The highest BCUT2D eigenvalue weighted by Crippen LogP contribution is 2.34. The molecule has 2 heterocycles. The van der Waals surface area contributed by atoms with Crippen LogP contribution in [-0.4, -0.2) is 28.7 Å². The number of hydrogen-bond acceptors (Lipinski definition) is 4. The number of benzene rings is 1. The number of carbonyl (C=O) groups excluding carboxylic acids is 1. The lowest BCUT2D eigenvalue weighted by molar-refractivity contribution is -0.143. The molecule has 110 valence electrons. The standard InChI is InChI=1S/C16H19N3O2/c1-2-21-15(20)7-9-19-11-17-10-14(19)13-5-3-4-12-6-8-18-16(12)13/h3-5,10-11,18H,2,6-9H2,1H3. The van der Waals surface area contributed by atoms with E-state index in [0.29, 0.717) is 19.6 Å². The van der Waals surface area contributed by atoms with Crippen LogP contribution in [-0.2, 0) is 22.5 Å². The number of hydrogen-bond donors (Lipinski definition) is 1. The molecule has 3 rings (SSSR count). The first-order valence-electron chi connectivity index (χ1n) is 7.31. The van der Waals surface area contributed by atoms with Crippen LogP contribution in [0.1, 0.15) is 18.9 Å². The first-order valence-corrected chi connectivity index (χ1v) is 7.31. The minimum Gasteiger partial charge on any atom is -0.466 e. The maximum Gasteiger partial charge on any atom is 0.307 e. The van der Waals surface area contributed by atoms with Crippen LogP contribution in [0.25, 0.3) is 11.3 Å². The molecule has 5 heteroatoms. The molecule has 0 saturated heterocycles. The van der Waals surface area contributed by atoms with Gasteiger partial charge in [0.05, 0.1) is 31.2 Å². The Hall–Kier alpha value is -2.30. The molecule has 1 aliphatic rings. The lowest BCUT2D eigenvalue weighted by Crippen LogP contribution is -2.09. The molecule has 0 spiro atoms. The van der Waals surface area contributed by atoms with Crippen molar-refractivity contribution >= 4 is 11.7 Å². The number of fused-ring (bicyclic) bond motifs is 1. The molecule has 2 aromatic rings. The second-order valence-corrected chi connectivity index (χ2v) is 5.04. The number of aryl methyl sites for hydroxylation is 1. The van der Waals surface area contributed by atoms with Crippen LogP contribution in [0.5, 0.6) is 0 Å². The van der Waals surface area contributed by atoms with Gasteiger partial charge in [0.25, 0.3) is 0 Å². The number of rotatable bonds is 5. The molecule has 1 aromatic heterocycles. The Balaban J connectivity index is 1.83. The van der Waals surface area contributed by atoms with Crippen LogP contribution in [0.15, 0.2) is 30.7 Å². The monoisotopic (exact) mass is 285 g/mol. The third-order valence-electron chi connectivity index (χ3n) is 3.70. The maximum absolute atomic E-state index is 11.5. The van der Waals surface area contributed by atoms with Crippen LogP contribution < -0.4 is 5.32 Å². The largest absolute Gasteiger partial charge is 0.466 e. The van der Waals surface area contributed by atoms with Crippen molar-refractivity contribution in [1.82, 2.24) is 9.55 Å². The van der Waals surface area contributed by atoms with E-state index < -0.39 is 0 Å². The number of anilines is 1. The van der Waals surface area contributed by atoms with Crippen LogP contribution in [0.2, 0.25) is 0 Å².